The van der Waals surface area contributed by atoms with Crippen LogP contribution in [-0.4, -0.2) is 12.3 Å². The second kappa shape index (κ2) is 5.54. The smallest absolute Gasteiger partial charge is 0.159 e. The third-order valence-corrected chi connectivity index (χ3v) is 2.70. The Balaban J connectivity index is 2.94. The molecule has 0 amide bonds. The molecular weight excluding hydrogens is 186 g/mol. The summed E-state index contributed by atoms with van der Waals surface area (Å²) in [5, 5.41) is 3.35. The lowest BCUT2D eigenvalue weighted by Crippen LogP contribution is -2.11. The number of allylic oxidation sites excluding steroid dienone is 5. The summed E-state index contributed by atoms with van der Waals surface area (Å²) in [6, 6.07) is 0. The van der Waals surface area contributed by atoms with E-state index >= 15 is 0 Å². The maximum absolute atomic E-state index is 11.3. The average molecular weight is 205 g/mol. The van der Waals surface area contributed by atoms with Gasteiger partial charge in [0, 0.05) is 17.8 Å². The molecule has 2 nitrogen and oxygen atoms in total. The first-order valence-corrected chi connectivity index (χ1v) is 5.44. The molecule has 0 saturated heterocycles. The van der Waals surface area contributed by atoms with Gasteiger partial charge in [-0.05, 0) is 44.8 Å². The van der Waals surface area contributed by atoms with Crippen molar-refractivity contribution in [2.75, 3.05) is 6.54 Å². The van der Waals surface area contributed by atoms with Crippen molar-refractivity contribution in [3.63, 3.8) is 0 Å². The van der Waals surface area contributed by atoms with Crippen molar-refractivity contribution in [1.82, 2.24) is 5.32 Å². The van der Waals surface area contributed by atoms with Crippen LogP contribution in [0.5, 0.6) is 0 Å². The van der Waals surface area contributed by atoms with E-state index in [4.69, 9.17) is 0 Å². The number of Topliss-reactive ketones (excluding diaryl/α,β-unsaturated/α-hetero) is 1. The summed E-state index contributed by atoms with van der Waals surface area (Å²) in [5.74, 6) is 0.0783. The van der Waals surface area contributed by atoms with Gasteiger partial charge in [-0.15, -0.1) is 0 Å². The van der Waals surface area contributed by atoms with Crippen LogP contribution >= 0.6 is 0 Å². The lowest BCUT2D eigenvalue weighted by Gasteiger charge is -2.06. The van der Waals surface area contributed by atoms with E-state index in [0.29, 0.717) is 5.57 Å². The van der Waals surface area contributed by atoms with E-state index in [1.165, 1.54) is 24.1 Å². The van der Waals surface area contributed by atoms with Gasteiger partial charge >= 0.3 is 0 Å². The minimum absolute atomic E-state index is 0.0783. The van der Waals surface area contributed by atoms with Crippen molar-refractivity contribution in [1.29, 1.82) is 0 Å². The van der Waals surface area contributed by atoms with Crippen LogP contribution in [0, 0.1) is 0 Å². The standard InChI is InChI=1S/C13H19NO/c1-4-12(11(3)15)9-13-7-5-6-8-14-10(13)2/h4,9,14H,1,5-8H2,2-3H3/b12-9+. The van der Waals surface area contributed by atoms with E-state index in [1.54, 1.807) is 13.0 Å². The van der Waals surface area contributed by atoms with Crippen LogP contribution < -0.4 is 5.32 Å². The fourth-order valence-corrected chi connectivity index (χ4v) is 1.69. The van der Waals surface area contributed by atoms with Gasteiger partial charge in [-0.1, -0.05) is 12.7 Å². The topological polar surface area (TPSA) is 29.1 Å². The molecule has 1 aliphatic heterocycles. The van der Waals surface area contributed by atoms with Gasteiger partial charge < -0.3 is 5.32 Å². The Morgan fingerprint density at radius 3 is 2.80 bits per heavy atom. The van der Waals surface area contributed by atoms with Gasteiger partial charge in [-0.25, -0.2) is 0 Å². The highest BCUT2D eigenvalue weighted by Crippen LogP contribution is 2.18. The average Bonchev–Trinajstić information content (AvgIpc) is 2.39. The molecule has 0 aromatic heterocycles. The molecule has 0 aromatic carbocycles. The number of hydrogen-bond acceptors (Lipinski definition) is 2. The van der Waals surface area contributed by atoms with E-state index in [9.17, 15) is 4.79 Å². The summed E-state index contributed by atoms with van der Waals surface area (Å²) < 4.78 is 0. The van der Waals surface area contributed by atoms with Crippen LogP contribution in [0.1, 0.15) is 33.1 Å². The largest absolute Gasteiger partial charge is 0.388 e. The third kappa shape index (κ3) is 3.39. The zero-order valence-electron chi connectivity index (χ0n) is 9.60. The van der Waals surface area contributed by atoms with Gasteiger partial charge in [0.1, 0.15) is 0 Å². The SMILES string of the molecule is C=C/C(=C\C1=C(C)NCCCC1)C(C)=O. The van der Waals surface area contributed by atoms with Crippen LogP contribution in [-0.2, 0) is 4.79 Å². The van der Waals surface area contributed by atoms with Crippen LogP contribution in [0.2, 0.25) is 0 Å². The number of rotatable bonds is 3. The molecule has 0 saturated carbocycles. The predicted molar refractivity (Wildman–Crippen MR) is 63.5 cm³/mol. The Labute approximate surface area is 91.8 Å². The molecule has 1 N–H and O–H groups in total. The minimum atomic E-state index is 0.0783. The summed E-state index contributed by atoms with van der Waals surface area (Å²) >= 11 is 0. The number of hydrogen-bond donors (Lipinski definition) is 1. The Bertz CT molecular complexity index is 323. The van der Waals surface area contributed by atoms with E-state index < -0.39 is 0 Å². The molecule has 0 unspecified atom stereocenters. The Hall–Kier alpha value is -1.31. The zero-order valence-corrected chi connectivity index (χ0v) is 9.60. The lowest BCUT2D eigenvalue weighted by molar-refractivity contribution is -0.113. The number of nitrogens with one attached hydrogen (secondary N) is 1. The van der Waals surface area contributed by atoms with Crippen molar-refractivity contribution < 1.29 is 4.79 Å². The van der Waals surface area contributed by atoms with E-state index in [2.05, 4.69) is 18.8 Å². The second-order valence-corrected chi connectivity index (χ2v) is 3.89. The molecule has 1 heterocycles. The fourth-order valence-electron chi connectivity index (χ4n) is 1.69. The van der Waals surface area contributed by atoms with Crippen molar-refractivity contribution in [3.05, 3.63) is 35.6 Å². The highest BCUT2D eigenvalue weighted by Gasteiger charge is 2.07. The van der Waals surface area contributed by atoms with Gasteiger partial charge in [0.05, 0.1) is 0 Å². The van der Waals surface area contributed by atoms with E-state index in [0.717, 1.165) is 13.0 Å². The molecule has 2 heteroatoms. The van der Waals surface area contributed by atoms with E-state index in [1.807, 2.05) is 6.08 Å². The minimum Gasteiger partial charge on any atom is -0.388 e. The van der Waals surface area contributed by atoms with Crippen molar-refractivity contribution in [2.24, 2.45) is 0 Å². The Kier molecular flexibility index (Phi) is 4.35. The first kappa shape index (κ1) is 11.8. The van der Waals surface area contributed by atoms with Crippen LogP contribution in [0.25, 0.3) is 0 Å². The van der Waals surface area contributed by atoms with Crippen molar-refractivity contribution >= 4 is 5.78 Å². The molecule has 0 atom stereocenters. The molecular formula is C13H19NO. The van der Waals surface area contributed by atoms with Gasteiger partial charge in [0.2, 0.25) is 0 Å². The number of carbonyl (C=O) groups is 1. The lowest BCUT2D eigenvalue weighted by atomic mass is 10.0. The molecule has 0 bridgehead atoms. The molecule has 15 heavy (non-hydrogen) atoms. The predicted octanol–water partition coefficient (Wildman–Crippen LogP) is 2.74. The Morgan fingerprint density at radius 1 is 1.47 bits per heavy atom. The van der Waals surface area contributed by atoms with Gasteiger partial charge in [-0.2, -0.15) is 0 Å². The maximum atomic E-state index is 11.3. The van der Waals surface area contributed by atoms with Crippen LogP contribution in [0.4, 0.5) is 0 Å². The second-order valence-electron chi connectivity index (χ2n) is 3.89. The van der Waals surface area contributed by atoms with E-state index in [-0.39, 0.29) is 5.78 Å². The molecule has 0 aliphatic carbocycles. The van der Waals surface area contributed by atoms with Crippen molar-refractivity contribution in [2.45, 2.75) is 33.1 Å². The summed E-state index contributed by atoms with van der Waals surface area (Å²) in [6.07, 6.45) is 7.01. The molecule has 1 rings (SSSR count). The first-order chi connectivity index (χ1) is 7.15. The van der Waals surface area contributed by atoms with Gasteiger partial charge in [0.15, 0.2) is 5.78 Å². The first-order valence-electron chi connectivity index (χ1n) is 5.44. The zero-order chi connectivity index (χ0) is 11.3. The molecule has 82 valence electrons. The monoisotopic (exact) mass is 205 g/mol. The Morgan fingerprint density at radius 2 is 2.20 bits per heavy atom. The summed E-state index contributed by atoms with van der Waals surface area (Å²) in [6.45, 7) is 8.34. The van der Waals surface area contributed by atoms with Crippen LogP contribution in [0.3, 0.4) is 0 Å². The molecule has 1 aliphatic rings. The van der Waals surface area contributed by atoms with Crippen LogP contribution in [0.15, 0.2) is 35.6 Å². The maximum Gasteiger partial charge on any atom is 0.159 e. The highest BCUT2D eigenvalue weighted by molar-refractivity contribution is 5.96. The summed E-state index contributed by atoms with van der Waals surface area (Å²) in [7, 11) is 0. The molecule has 0 spiro atoms. The third-order valence-electron chi connectivity index (χ3n) is 2.70. The summed E-state index contributed by atoms with van der Waals surface area (Å²) in [5.41, 5.74) is 3.12. The molecule has 0 fully saturated rings. The highest BCUT2D eigenvalue weighted by atomic mass is 16.1. The normalized spacial score (nSPS) is 18.1. The summed E-state index contributed by atoms with van der Waals surface area (Å²) in [4.78, 5) is 11.3. The van der Waals surface area contributed by atoms with Crippen molar-refractivity contribution in [3.8, 4) is 0 Å². The number of carbonyl (C=O) groups excluding carboxylic acids is 1. The molecule has 0 radical (unpaired) electrons. The quantitative estimate of drug-likeness (QED) is 0.567. The number of ketones is 1. The molecule has 0 aromatic rings. The van der Waals surface area contributed by atoms with Gasteiger partial charge in [-0.3, -0.25) is 4.79 Å². The fraction of sp³-hybridized carbons (Fsp3) is 0.462. The van der Waals surface area contributed by atoms with Gasteiger partial charge in [0.25, 0.3) is 0 Å².